The molecule has 0 bridgehead atoms. The number of aliphatic hydroxyl groups is 1. The third-order valence-corrected chi connectivity index (χ3v) is 6.54. The van der Waals surface area contributed by atoms with Crippen LogP contribution >= 0.6 is 11.6 Å². The first-order valence-corrected chi connectivity index (χ1v) is 12.3. The molecule has 8 heteroatoms. The lowest BCUT2D eigenvalue weighted by Gasteiger charge is -2.27. The third kappa shape index (κ3) is 5.80. The zero-order chi connectivity index (χ0) is 25.5. The van der Waals surface area contributed by atoms with E-state index in [9.17, 15) is 14.7 Å². The maximum absolute atomic E-state index is 13.2. The Bertz CT molecular complexity index is 1080. The molecule has 1 aliphatic heterocycles. The molecule has 0 radical (unpaired) electrons. The van der Waals surface area contributed by atoms with Gasteiger partial charge in [0.05, 0.1) is 30.4 Å². The topological polar surface area (TPSA) is 79.3 Å². The molecule has 2 aromatic rings. The molecular weight excluding hydrogens is 468 g/mol. The van der Waals surface area contributed by atoms with Gasteiger partial charge in [0.1, 0.15) is 17.3 Å². The minimum Gasteiger partial charge on any atom is -0.507 e. The first-order chi connectivity index (χ1) is 16.9. The van der Waals surface area contributed by atoms with Crippen molar-refractivity contribution in [2.24, 2.45) is 0 Å². The van der Waals surface area contributed by atoms with Crippen molar-refractivity contribution in [2.45, 2.75) is 33.2 Å². The predicted octanol–water partition coefficient (Wildman–Crippen LogP) is 4.90. The van der Waals surface area contributed by atoms with Crippen LogP contribution in [0, 0.1) is 0 Å². The van der Waals surface area contributed by atoms with Crippen molar-refractivity contribution in [3.63, 3.8) is 0 Å². The lowest BCUT2D eigenvalue weighted by atomic mass is 9.95. The van der Waals surface area contributed by atoms with Crippen molar-refractivity contribution in [3.05, 3.63) is 64.2 Å². The molecule has 0 unspecified atom stereocenters. The van der Waals surface area contributed by atoms with Crippen LogP contribution in [-0.2, 0) is 9.59 Å². The Morgan fingerprint density at radius 3 is 2.34 bits per heavy atom. The van der Waals surface area contributed by atoms with Crippen molar-refractivity contribution in [1.29, 1.82) is 0 Å². The van der Waals surface area contributed by atoms with Crippen LogP contribution in [0.3, 0.4) is 0 Å². The average molecular weight is 501 g/mol. The summed E-state index contributed by atoms with van der Waals surface area (Å²) in [4.78, 5) is 30.2. The normalized spacial score (nSPS) is 17.3. The number of rotatable bonds is 11. The first kappa shape index (κ1) is 26.6. The van der Waals surface area contributed by atoms with Crippen LogP contribution < -0.4 is 9.47 Å². The minimum atomic E-state index is -0.719. The summed E-state index contributed by atoms with van der Waals surface area (Å²) in [6.45, 7) is 9.64. The van der Waals surface area contributed by atoms with Crippen LogP contribution in [0.5, 0.6) is 11.5 Å². The molecule has 1 N–H and O–H groups in total. The van der Waals surface area contributed by atoms with Gasteiger partial charge in [-0.1, -0.05) is 37.6 Å². The Balaban J connectivity index is 2.04. The average Bonchev–Trinajstić information content (AvgIpc) is 3.11. The number of amides is 1. The van der Waals surface area contributed by atoms with Crippen LogP contribution in [0.2, 0.25) is 5.02 Å². The Morgan fingerprint density at radius 2 is 1.77 bits per heavy atom. The van der Waals surface area contributed by atoms with Gasteiger partial charge in [-0.3, -0.25) is 9.59 Å². The molecule has 0 aliphatic carbocycles. The van der Waals surface area contributed by atoms with Gasteiger partial charge in [0.2, 0.25) is 0 Å². The number of halogens is 1. The smallest absolute Gasteiger partial charge is 0.295 e. The van der Waals surface area contributed by atoms with Crippen LogP contribution in [0.4, 0.5) is 0 Å². The molecule has 0 spiro atoms. The molecule has 1 amide bonds. The van der Waals surface area contributed by atoms with Gasteiger partial charge in [-0.15, -0.1) is 0 Å². The maximum Gasteiger partial charge on any atom is 0.295 e. The van der Waals surface area contributed by atoms with Crippen molar-refractivity contribution in [2.75, 3.05) is 39.9 Å². The largest absolute Gasteiger partial charge is 0.507 e. The number of carbonyl (C=O) groups is 2. The number of nitrogens with zero attached hydrogens (tertiary/aromatic N) is 2. The van der Waals surface area contributed by atoms with E-state index < -0.39 is 17.7 Å². The summed E-state index contributed by atoms with van der Waals surface area (Å²) in [5.74, 6) is -0.460. The quantitative estimate of drug-likeness (QED) is 0.268. The van der Waals surface area contributed by atoms with Gasteiger partial charge in [0.25, 0.3) is 11.7 Å². The van der Waals surface area contributed by atoms with Crippen LogP contribution in [0.25, 0.3) is 5.76 Å². The van der Waals surface area contributed by atoms with Gasteiger partial charge >= 0.3 is 0 Å². The molecule has 3 rings (SSSR count). The summed E-state index contributed by atoms with van der Waals surface area (Å²) in [5.41, 5.74) is 1.10. The Kier molecular flexibility index (Phi) is 9.18. The lowest BCUT2D eigenvalue weighted by molar-refractivity contribution is -0.140. The SMILES string of the molecule is CCOc1ccc([C@@H]2/C(=C(\O)c3ccc(OC)c(Cl)c3)C(=O)C(=O)N2CCCN(CC)CC)cc1. The summed E-state index contributed by atoms with van der Waals surface area (Å²) >= 11 is 6.26. The molecule has 1 aliphatic rings. The van der Waals surface area contributed by atoms with E-state index in [-0.39, 0.29) is 11.3 Å². The van der Waals surface area contributed by atoms with Crippen LogP contribution in [0.1, 0.15) is 44.4 Å². The van der Waals surface area contributed by atoms with E-state index in [2.05, 4.69) is 18.7 Å². The van der Waals surface area contributed by atoms with Gasteiger partial charge in [-0.25, -0.2) is 0 Å². The number of Topliss-reactive ketones (excluding diaryl/α,β-unsaturated/α-hetero) is 1. The summed E-state index contributed by atoms with van der Waals surface area (Å²) < 4.78 is 10.7. The highest BCUT2D eigenvalue weighted by Gasteiger charge is 2.45. The molecule has 1 fully saturated rings. The number of hydrogen-bond acceptors (Lipinski definition) is 6. The zero-order valence-electron chi connectivity index (χ0n) is 20.7. The Morgan fingerprint density at radius 1 is 1.09 bits per heavy atom. The number of methoxy groups -OCH3 is 1. The molecule has 35 heavy (non-hydrogen) atoms. The summed E-state index contributed by atoms with van der Waals surface area (Å²) in [5, 5.41) is 11.5. The molecule has 1 saturated heterocycles. The lowest BCUT2D eigenvalue weighted by Crippen LogP contribution is -2.33. The van der Waals surface area contributed by atoms with Gasteiger partial charge in [0, 0.05) is 12.1 Å². The fourth-order valence-corrected chi connectivity index (χ4v) is 4.60. The molecule has 188 valence electrons. The second-order valence-corrected chi connectivity index (χ2v) is 8.63. The highest BCUT2D eigenvalue weighted by Crippen LogP contribution is 2.40. The van der Waals surface area contributed by atoms with Crippen LogP contribution in [-0.4, -0.2) is 66.5 Å². The minimum absolute atomic E-state index is 0.0447. The van der Waals surface area contributed by atoms with E-state index in [0.717, 1.165) is 25.2 Å². The number of ether oxygens (including phenoxy) is 2. The van der Waals surface area contributed by atoms with Crippen molar-refractivity contribution in [3.8, 4) is 11.5 Å². The van der Waals surface area contributed by atoms with Crippen molar-refractivity contribution in [1.82, 2.24) is 9.80 Å². The predicted molar refractivity (Wildman–Crippen MR) is 137 cm³/mol. The van der Waals surface area contributed by atoms with Gasteiger partial charge in [-0.05, 0) is 68.9 Å². The highest BCUT2D eigenvalue weighted by atomic mass is 35.5. The van der Waals surface area contributed by atoms with E-state index in [4.69, 9.17) is 21.1 Å². The zero-order valence-corrected chi connectivity index (χ0v) is 21.5. The molecule has 0 aromatic heterocycles. The first-order valence-electron chi connectivity index (χ1n) is 11.9. The number of likely N-dealkylation sites (tertiary alicyclic amines) is 1. The number of aliphatic hydroxyl groups excluding tert-OH is 1. The van der Waals surface area contributed by atoms with Crippen molar-refractivity contribution >= 4 is 29.1 Å². The summed E-state index contributed by atoms with van der Waals surface area (Å²) in [7, 11) is 1.50. The molecule has 0 saturated carbocycles. The molecular formula is C27H33ClN2O5. The number of ketones is 1. The van der Waals surface area contributed by atoms with Crippen LogP contribution in [0.15, 0.2) is 48.0 Å². The standard InChI is InChI=1S/C27H33ClN2O5/c1-5-29(6-2)15-8-16-30-24(18-9-12-20(13-10-18)35-7-3)23(26(32)27(30)33)25(31)19-11-14-22(34-4)21(28)17-19/h9-14,17,24,31H,5-8,15-16H2,1-4H3/b25-23+/t24-/m1/s1. The monoisotopic (exact) mass is 500 g/mol. The van der Waals surface area contributed by atoms with E-state index in [1.807, 2.05) is 19.1 Å². The molecule has 2 aromatic carbocycles. The van der Waals surface area contributed by atoms with Gasteiger partial charge in [0.15, 0.2) is 0 Å². The number of hydrogen-bond donors (Lipinski definition) is 1. The third-order valence-electron chi connectivity index (χ3n) is 6.24. The van der Waals surface area contributed by atoms with Gasteiger partial charge < -0.3 is 24.4 Å². The maximum atomic E-state index is 13.2. The summed E-state index contributed by atoms with van der Waals surface area (Å²) in [6.07, 6.45) is 0.705. The highest BCUT2D eigenvalue weighted by molar-refractivity contribution is 6.46. The molecule has 1 heterocycles. The second-order valence-electron chi connectivity index (χ2n) is 8.22. The van der Waals surface area contributed by atoms with Gasteiger partial charge in [-0.2, -0.15) is 0 Å². The molecule has 7 nitrogen and oxygen atoms in total. The fourth-order valence-electron chi connectivity index (χ4n) is 4.34. The number of benzene rings is 2. The summed E-state index contributed by atoms with van der Waals surface area (Å²) in [6, 6.07) is 11.3. The Labute approximate surface area is 211 Å². The van der Waals surface area contributed by atoms with Crippen molar-refractivity contribution < 1.29 is 24.2 Å². The second kappa shape index (κ2) is 12.1. The van der Waals surface area contributed by atoms with E-state index in [1.165, 1.54) is 13.2 Å². The van der Waals surface area contributed by atoms with E-state index in [1.54, 1.807) is 29.2 Å². The van der Waals surface area contributed by atoms with E-state index >= 15 is 0 Å². The van der Waals surface area contributed by atoms with E-state index in [0.29, 0.717) is 41.7 Å². The Hall–Kier alpha value is -3.03. The fraction of sp³-hybridized carbons (Fsp3) is 0.407. The molecule has 1 atom stereocenters. The number of carbonyl (C=O) groups excluding carboxylic acids is 2.